The van der Waals surface area contributed by atoms with Gasteiger partial charge in [0.2, 0.25) is 0 Å². The number of nitrogens with two attached hydrogens (primary N) is 1. The van der Waals surface area contributed by atoms with Crippen molar-refractivity contribution in [2.75, 3.05) is 12.8 Å². The summed E-state index contributed by atoms with van der Waals surface area (Å²) in [5.41, 5.74) is 7.23. The Labute approximate surface area is 221 Å². The number of nitriles is 2. The van der Waals surface area contributed by atoms with E-state index >= 15 is 0 Å². The number of aldehydes is 1. The van der Waals surface area contributed by atoms with Crippen LogP contribution in [0.25, 0.3) is 11.4 Å². The molecule has 1 heterocycles. The van der Waals surface area contributed by atoms with Gasteiger partial charge in [-0.25, -0.2) is 4.98 Å². The zero-order chi connectivity index (χ0) is 27.8. The average Bonchev–Trinajstić information content (AvgIpc) is 3.42. The summed E-state index contributed by atoms with van der Waals surface area (Å²) in [4.78, 5) is 13.1. The Hall–Kier alpha value is -4.19. The SMILES string of the molecule is CC(C)Oc1cc(C#N)cc(-c2ncn[nH]2)c1.CSC(=N)c1cc(C#N)cc(OC(C)C)c1.NCC=O. The lowest BCUT2D eigenvalue weighted by atomic mass is 10.1. The molecule has 0 fully saturated rings. The molecule has 0 atom stereocenters. The van der Waals surface area contributed by atoms with E-state index in [0.717, 1.165) is 11.1 Å². The molecule has 3 rings (SSSR count). The summed E-state index contributed by atoms with van der Waals surface area (Å²) in [6, 6.07) is 14.6. The lowest BCUT2D eigenvalue weighted by Gasteiger charge is -2.11. The van der Waals surface area contributed by atoms with Crippen LogP contribution in [0.2, 0.25) is 0 Å². The monoisotopic (exact) mass is 521 g/mol. The molecule has 37 heavy (non-hydrogen) atoms. The Balaban J connectivity index is 0.000000324. The highest BCUT2D eigenvalue weighted by atomic mass is 32.2. The van der Waals surface area contributed by atoms with Crippen molar-refractivity contribution in [1.29, 1.82) is 15.9 Å². The molecule has 0 saturated heterocycles. The summed E-state index contributed by atoms with van der Waals surface area (Å²) >= 11 is 1.34. The second kappa shape index (κ2) is 16.5. The number of hydrogen-bond acceptors (Lipinski definition) is 10. The van der Waals surface area contributed by atoms with Crippen LogP contribution < -0.4 is 15.2 Å². The predicted molar refractivity (Wildman–Crippen MR) is 145 cm³/mol. The van der Waals surface area contributed by atoms with E-state index < -0.39 is 0 Å². The molecular formula is C26H31N7O3S. The van der Waals surface area contributed by atoms with Crippen molar-refractivity contribution < 1.29 is 14.3 Å². The highest BCUT2D eigenvalue weighted by Gasteiger charge is 2.08. The average molecular weight is 522 g/mol. The molecule has 11 heteroatoms. The molecule has 0 aliphatic heterocycles. The molecule has 0 saturated carbocycles. The van der Waals surface area contributed by atoms with Crippen LogP contribution in [0.5, 0.6) is 11.5 Å². The molecule has 0 radical (unpaired) electrons. The second-order valence-corrected chi connectivity index (χ2v) is 8.64. The third kappa shape index (κ3) is 11.4. The summed E-state index contributed by atoms with van der Waals surface area (Å²) in [6.07, 6.45) is 4.04. The molecule has 2 aromatic carbocycles. The molecule has 0 aliphatic rings. The molecule has 0 unspecified atom stereocenters. The summed E-state index contributed by atoms with van der Waals surface area (Å²) in [6.45, 7) is 7.87. The van der Waals surface area contributed by atoms with Crippen molar-refractivity contribution in [3.8, 4) is 35.0 Å². The number of aromatic nitrogens is 3. The van der Waals surface area contributed by atoms with Crippen molar-refractivity contribution >= 4 is 23.1 Å². The van der Waals surface area contributed by atoms with Crippen molar-refractivity contribution in [1.82, 2.24) is 15.2 Å². The lowest BCUT2D eigenvalue weighted by Crippen LogP contribution is -2.06. The minimum atomic E-state index is 0.0604. The summed E-state index contributed by atoms with van der Waals surface area (Å²) in [5, 5.41) is 32.6. The van der Waals surface area contributed by atoms with Crippen LogP contribution in [0.1, 0.15) is 44.4 Å². The smallest absolute Gasteiger partial charge is 0.155 e. The van der Waals surface area contributed by atoms with Gasteiger partial charge in [-0.2, -0.15) is 15.6 Å². The number of thioether (sulfide) groups is 1. The molecule has 1 aromatic heterocycles. The molecule has 0 aliphatic carbocycles. The summed E-state index contributed by atoms with van der Waals surface area (Å²) in [5.74, 6) is 1.92. The zero-order valence-electron chi connectivity index (χ0n) is 21.5. The van der Waals surface area contributed by atoms with E-state index in [1.807, 2.05) is 40.0 Å². The van der Waals surface area contributed by atoms with Gasteiger partial charge in [0.1, 0.15) is 24.1 Å². The number of H-pyrrole nitrogens is 1. The number of nitrogens with zero attached hydrogens (tertiary/aromatic N) is 4. The first-order chi connectivity index (χ1) is 17.7. The predicted octanol–water partition coefficient (Wildman–Crippen LogP) is 4.31. The number of nitrogens with one attached hydrogen (secondary N) is 2. The molecule has 3 aromatic rings. The minimum absolute atomic E-state index is 0.0604. The van der Waals surface area contributed by atoms with Crippen LogP contribution in [-0.4, -0.2) is 51.5 Å². The van der Waals surface area contributed by atoms with Crippen molar-refractivity contribution in [2.45, 2.75) is 39.9 Å². The van der Waals surface area contributed by atoms with E-state index in [1.54, 1.807) is 30.3 Å². The Bertz CT molecular complexity index is 1230. The van der Waals surface area contributed by atoms with Crippen LogP contribution in [-0.2, 0) is 4.79 Å². The van der Waals surface area contributed by atoms with Crippen LogP contribution in [0.4, 0.5) is 0 Å². The topological polar surface area (TPSA) is 175 Å². The van der Waals surface area contributed by atoms with Crippen molar-refractivity contribution in [3.63, 3.8) is 0 Å². The zero-order valence-corrected chi connectivity index (χ0v) is 22.3. The number of rotatable bonds is 7. The van der Waals surface area contributed by atoms with E-state index in [2.05, 4.69) is 33.1 Å². The molecule has 194 valence electrons. The molecule has 0 spiro atoms. The first-order valence-electron chi connectivity index (χ1n) is 11.2. The second-order valence-electron chi connectivity index (χ2n) is 7.82. The molecule has 0 amide bonds. The summed E-state index contributed by atoms with van der Waals surface area (Å²) in [7, 11) is 0. The lowest BCUT2D eigenvalue weighted by molar-refractivity contribution is -0.106. The Morgan fingerprint density at radius 1 is 1.05 bits per heavy atom. The third-order valence-corrected chi connectivity index (χ3v) is 4.71. The highest BCUT2D eigenvalue weighted by Crippen LogP contribution is 2.24. The van der Waals surface area contributed by atoms with Crippen LogP contribution in [0.15, 0.2) is 42.7 Å². The number of carbonyl (C=O) groups excluding carboxylic acids is 1. The quantitative estimate of drug-likeness (QED) is 0.232. The van der Waals surface area contributed by atoms with E-state index in [1.165, 1.54) is 18.1 Å². The fraction of sp³-hybridized carbons (Fsp3) is 0.308. The first-order valence-corrected chi connectivity index (χ1v) is 12.5. The molecule has 4 N–H and O–H groups in total. The first kappa shape index (κ1) is 30.8. The van der Waals surface area contributed by atoms with Gasteiger partial charge in [0.15, 0.2) is 5.82 Å². The van der Waals surface area contributed by atoms with Gasteiger partial charge in [-0.15, -0.1) is 11.8 Å². The van der Waals surface area contributed by atoms with Crippen LogP contribution in [0.3, 0.4) is 0 Å². The Morgan fingerprint density at radius 2 is 1.59 bits per heavy atom. The van der Waals surface area contributed by atoms with Gasteiger partial charge < -0.3 is 20.0 Å². The van der Waals surface area contributed by atoms with Crippen molar-refractivity contribution in [2.24, 2.45) is 5.73 Å². The van der Waals surface area contributed by atoms with E-state index in [0.29, 0.717) is 39.8 Å². The van der Waals surface area contributed by atoms with Gasteiger partial charge in [-0.05, 0) is 70.3 Å². The highest BCUT2D eigenvalue weighted by molar-refractivity contribution is 8.13. The molecule has 0 bridgehead atoms. The number of benzene rings is 2. The Morgan fingerprint density at radius 3 is 2.03 bits per heavy atom. The maximum Gasteiger partial charge on any atom is 0.155 e. The van der Waals surface area contributed by atoms with E-state index in [-0.39, 0.29) is 18.8 Å². The summed E-state index contributed by atoms with van der Waals surface area (Å²) < 4.78 is 11.1. The Kier molecular flexibility index (Phi) is 13.7. The molecule has 10 nitrogen and oxygen atoms in total. The fourth-order valence-electron chi connectivity index (χ4n) is 2.74. The van der Waals surface area contributed by atoms with Gasteiger partial charge in [0, 0.05) is 17.7 Å². The third-order valence-electron chi connectivity index (χ3n) is 4.07. The number of ether oxygens (including phenoxy) is 2. The van der Waals surface area contributed by atoms with Gasteiger partial charge in [-0.1, -0.05) is 0 Å². The maximum atomic E-state index is 9.05. The van der Waals surface area contributed by atoms with Gasteiger partial charge in [0.25, 0.3) is 0 Å². The van der Waals surface area contributed by atoms with E-state index in [4.69, 9.17) is 30.2 Å². The number of hydrogen-bond donors (Lipinski definition) is 3. The normalized spacial score (nSPS) is 9.68. The van der Waals surface area contributed by atoms with Gasteiger partial charge in [-0.3, -0.25) is 10.5 Å². The van der Waals surface area contributed by atoms with Crippen LogP contribution in [0, 0.1) is 28.1 Å². The van der Waals surface area contributed by atoms with E-state index in [9.17, 15) is 0 Å². The van der Waals surface area contributed by atoms with Gasteiger partial charge in [0.05, 0.1) is 40.5 Å². The minimum Gasteiger partial charge on any atom is -0.491 e. The van der Waals surface area contributed by atoms with Gasteiger partial charge >= 0.3 is 0 Å². The largest absolute Gasteiger partial charge is 0.491 e. The maximum absolute atomic E-state index is 9.05. The van der Waals surface area contributed by atoms with Crippen LogP contribution >= 0.6 is 11.8 Å². The fourth-order valence-corrected chi connectivity index (χ4v) is 3.09. The van der Waals surface area contributed by atoms with Crippen molar-refractivity contribution in [3.05, 3.63) is 59.4 Å². The number of carbonyl (C=O) groups is 1. The number of aromatic amines is 1. The standard InChI is InChI=1S/C12H12N4O.C12H14N2OS.C2H5NO/c1-8(2)17-11-4-9(6-13)3-10(5-11)12-14-7-15-16-12;1-8(2)15-11-5-9(7-13)4-10(6-11)12(14)16-3;3-1-2-4/h3-5,7-8H,1-2H3,(H,14,15,16);4-6,8,14H,1-3H3;2H,1,3H2. The molecular weight excluding hydrogens is 490 g/mol.